The van der Waals surface area contributed by atoms with Crippen LogP contribution in [0.25, 0.3) is 5.57 Å². The highest BCUT2D eigenvalue weighted by Crippen LogP contribution is 2.33. The Morgan fingerprint density at radius 1 is 0.615 bits per heavy atom. The van der Waals surface area contributed by atoms with E-state index in [0.717, 1.165) is 42.9 Å². The molecule has 0 saturated heterocycles. The second-order valence-electron chi connectivity index (χ2n) is 6.07. The summed E-state index contributed by atoms with van der Waals surface area (Å²) in [5.41, 5.74) is 5.33. The summed E-state index contributed by atoms with van der Waals surface area (Å²) in [7, 11) is 0. The summed E-state index contributed by atoms with van der Waals surface area (Å²) in [6, 6.07) is 16.9. The summed E-state index contributed by atoms with van der Waals surface area (Å²) >= 11 is 12.5. The van der Waals surface area contributed by atoms with Crippen LogP contribution in [0.2, 0.25) is 0 Å². The van der Waals surface area contributed by atoms with Crippen molar-refractivity contribution in [3.63, 3.8) is 0 Å². The molecule has 2 nitrogen and oxygen atoms in total. The minimum Gasteiger partial charge on any atom is -0.372 e. The molecule has 2 rings (SSSR count). The van der Waals surface area contributed by atoms with Crippen LogP contribution in [0.3, 0.4) is 0 Å². The van der Waals surface area contributed by atoms with Gasteiger partial charge in [0, 0.05) is 43.1 Å². The molecule has 26 heavy (non-hydrogen) atoms. The highest BCUT2D eigenvalue weighted by molar-refractivity contribution is 6.59. The van der Waals surface area contributed by atoms with Crippen LogP contribution in [0.5, 0.6) is 0 Å². The van der Waals surface area contributed by atoms with E-state index < -0.39 is 0 Å². The quantitative estimate of drug-likeness (QED) is 0.502. The van der Waals surface area contributed by atoms with E-state index in [0.29, 0.717) is 0 Å². The first-order valence-electron chi connectivity index (χ1n) is 9.31. The summed E-state index contributed by atoms with van der Waals surface area (Å²) in [6.45, 7) is 12.6. The van der Waals surface area contributed by atoms with Gasteiger partial charge in [0.05, 0.1) is 0 Å². The largest absolute Gasteiger partial charge is 0.372 e. The van der Waals surface area contributed by atoms with Crippen LogP contribution in [-0.2, 0) is 0 Å². The van der Waals surface area contributed by atoms with Crippen molar-refractivity contribution in [1.82, 2.24) is 0 Å². The molecule has 0 heterocycles. The van der Waals surface area contributed by atoms with Crippen molar-refractivity contribution in [2.45, 2.75) is 27.7 Å². The van der Waals surface area contributed by atoms with E-state index in [4.69, 9.17) is 23.2 Å². The molecule has 140 valence electrons. The Morgan fingerprint density at radius 3 is 1.15 bits per heavy atom. The lowest BCUT2D eigenvalue weighted by molar-refractivity contribution is 0.866. The molecular weight excluding hydrogens is 363 g/mol. The van der Waals surface area contributed by atoms with Gasteiger partial charge >= 0.3 is 0 Å². The van der Waals surface area contributed by atoms with Crippen LogP contribution in [0.1, 0.15) is 38.8 Å². The molecule has 0 aliphatic carbocycles. The molecule has 0 aromatic heterocycles. The van der Waals surface area contributed by atoms with Gasteiger partial charge in [-0.2, -0.15) is 0 Å². The number of rotatable bonds is 8. The lowest BCUT2D eigenvalue weighted by Crippen LogP contribution is -2.21. The zero-order chi connectivity index (χ0) is 19.1. The molecule has 0 amide bonds. The molecule has 0 aliphatic heterocycles. The van der Waals surface area contributed by atoms with E-state index in [2.05, 4.69) is 86.0 Å². The normalized spacial score (nSPS) is 10.5. The Kier molecular flexibility index (Phi) is 7.86. The summed E-state index contributed by atoms with van der Waals surface area (Å²) in [6.07, 6.45) is 0. The van der Waals surface area contributed by atoms with Crippen molar-refractivity contribution in [3.05, 3.63) is 64.1 Å². The Morgan fingerprint density at radius 2 is 0.923 bits per heavy atom. The number of anilines is 2. The van der Waals surface area contributed by atoms with Crippen molar-refractivity contribution in [1.29, 1.82) is 0 Å². The summed E-state index contributed by atoms with van der Waals surface area (Å²) in [4.78, 5) is 4.63. The minimum absolute atomic E-state index is 0.288. The van der Waals surface area contributed by atoms with Gasteiger partial charge in [-0.1, -0.05) is 47.5 Å². The van der Waals surface area contributed by atoms with Crippen molar-refractivity contribution in [3.8, 4) is 0 Å². The van der Waals surface area contributed by atoms with E-state index >= 15 is 0 Å². The molecule has 4 heteroatoms. The van der Waals surface area contributed by atoms with Gasteiger partial charge < -0.3 is 9.80 Å². The Labute approximate surface area is 168 Å². The molecule has 2 aromatic rings. The molecule has 0 bridgehead atoms. The van der Waals surface area contributed by atoms with E-state index in [9.17, 15) is 0 Å². The van der Waals surface area contributed by atoms with Crippen molar-refractivity contribution in [2.75, 3.05) is 36.0 Å². The fourth-order valence-electron chi connectivity index (χ4n) is 3.24. The minimum atomic E-state index is 0.288. The number of hydrogen-bond donors (Lipinski definition) is 0. The van der Waals surface area contributed by atoms with E-state index in [1.807, 2.05) is 0 Å². The number of nitrogens with zero attached hydrogens (tertiary/aromatic N) is 2. The molecule has 2 aromatic carbocycles. The first-order valence-corrected chi connectivity index (χ1v) is 10.1. The smallest absolute Gasteiger partial charge is 0.115 e. The summed E-state index contributed by atoms with van der Waals surface area (Å²) in [5, 5.41) is 0. The van der Waals surface area contributed by atoms with E-state index in [-0.39, 0.29) is 4.49 Å². The first-order chi connectivity index (χ1) is 12.5. The third-order valence-electron chi connectivity index (χ3n) is 4.76. The fourth-order valence-corrected chi connectivity index (χ4v) is 3.68. The molecule has 0 N–H and O–H groups in total. The molecule has 0 saturated carbocycles. The van der Waals surface area contributed by atoms with Crippen LogP contribution < -0.4 is 9.80 Å². The van der Waals surface area contributed by atoms with Gasteiger partial charge in [0.25, 0.3) is 0 Å². The maximum absolute atomic E-state index is 6.25. The second-order valence-corrected chi connectivity index (χ2v) is 7.02. The summed E-state index contributed by atoms with van der Waals surface area (Å²) in [5.74, 6) is 0. The predicted octanol–water partition coefficient (Wildman–Crippen LogP) is 6.57. The SMILES string of the molecule is CCN(CC)c1ccc(C(=C(Cl)Cl)c2ccc(N(CC)CC)cc2)cc1. The fraction of sp³-hybridized carbons (Fsp3) is 0.364. The number of benzene rings is 2. The maximum Gasteiger partial charge on any atom is 0.115 e. The number of hydrogen-bond acceptors (Lipinski definition) is 2. The molecule has 0 aliphatic rings. The standard InChI is InChI=1S/C22H28Cl2N2/c1-5-25(6-2)19-13-9-17(10-14-19)21(22(23)24)18-11-15-20(16-12-18)26(7-3)8-4/h9-16H,5-8H2,1-4H3. The maximum atomic E-state index is 6.25. The lowest BCUT2D eigenvalue weighted by Gasteiger charge is -2.22. The third kappa shape index (κ3) is 4.75. The summed E-state index contributed by atoms with van der Waals surface area (Å²) < 4.78 is 0.288. The van der Waals surface area contributed by atoms with Gasteiger partial charge in [0.1, 0.15) is 4.49 Å². The number of halogens is 2. The van der Waals surface area contributed by atoms with Gasteiger partial charge in [-0.3, -0.25) is 0 Å². The Balaban J connectivity index is 2.34. The zero-order valence-electron chi connectivity index (χ0n) is 16.1. The molecular formula is C22H28Cl2N2. The molecule has 0 spiro atoms. The second kappa shape index (κ2) is 9.89. The van der Waals surface area contributed by atoms with Gasteiger partial charge in [-0.15, -0.1) is 0 Å². The Bertz CT molecular complexity index is 651. The first kappa shape index (κ1) is 20.7. The highest BCUT2D eigenvalue weighted by atomic mass is 35.5. The monoisotopic (exact) mass is 390 g/mol. The van der Waals surface area contributed by atoms with E-state index in [1.165, 1.54) is 11.4 Å². The van der Waals surface area contributed by atoms with Crippen molar-refractivity contribution >= 4 is 40.1 Å². The van der Waals surface area contributed by atoms with Gasteiger partial charge in [0.15, 0.2) is 0 Å². The molecule has 0 radical (unpaired) electrons. The Hall–Kier alpha value is -1.64. The highest BCUT2D eigenvalue weighted by Gasteiger charge is 2.12. The van der Waals surface area contributed by atoms with Gasteiger partial charge in [-0.05, 0) is 63.1 Å². The third-order valence-corrected chi connectivity index (χ3v) is 5.14. The van der Waals surface area contributed by atoms with Gasteiger partial charge in [0.2, 0.25) is 0 Å². The van der Waals surface area contributed by atoms with Crippen LogP contribution in [-0.4, -0.2) is 26.2 Å². The van der Waals surface area contributed by atoms with Gasteiger partial charge in [-0.25, -0.2) is 0 Å². The molecule has 0 unspecified atom stereocenters. The van der Waals surface area contributed by atoms with Crippen LogP contribution in [0.15, 0.2) is 53.0 Å². The van der Waals surface area contributed by atoms with Crippen LogP contribution in [0.4, 0.5) is 11.4 Å². The van der Waals surface area contributed by atoms with Crippen LogP contribution in [0, 0.1) is 0 Å². The predicted molar refractivity (Wildman–Crippen MR) is 118 cm³/mol. The van der Waals surface area contributed by atoms with Crippen molar-refractivity contribution < 1.29 is 0 Å². The topological polar surface area (TPSA) is 6.48 Å². The average molecular weight is 391 g/mol. The average Bonchev–Trinajstić information content (AvgIpc) is 2.66. The molecule has 0 atom stereocenters. The van der Waals surface area contributed by atoms with Crippen LogP contribution >= 0.6 is 23.2 Å². The van der Waals surface area contributed by atoms with Crippen molar-refractivity contribution in [2.24, 2.45) is 0 Å². The zero-order valence-corrected chi connectivity index (χ0v) is 17.6. The molecule has 0 fully saturated rings. The lowest BCUT2D eigenvalue weighted by atomic mass is 9.98. The van der Waals surface area contributed by atoms with E-state index in [1.54, 1.807) is 0 Å².